The molecule has 2 heteroatoms. The number of rotatable bonds is 35. The van der Waals surface area contributed by atoms with Crippen LogP contribution in [0.25, 0.3) is 0 Å². The van der Waals surface area contributed by atoms with Gasteiger partial charge in [0.1, 0.15) is 0 Å². The Morgan fingerprint density at radius 1 is 0.286 bits per heavy atom. The summed E-state index contributed by atoms with van der Waals surface area (Å²) in [5, 5.41) is 0. The van der Waals surface area contributed by atoms with Crippen molar-refractivity contribution in [2.45, 2.75) is 245 Å². The quantitative estimate of drug-likeness (QED) is 0.0716. The molecule has 0 aromatic rings. The van der Waals surface area contributed by atoms with E-state index in [1.54, 1.807) is 0 Å². The van der Waals surface area contributed by atoms with Crippen LogP contribution in [0.2, 0.25) is 0 Å². The molecular weight excluding hydrogens is 508 g/mol. The number of hydrogen-bond acceptors (Lipinski definition) is 2. The summed E-state index contributed by atoms with van der Waals surface area (Å²) in [4.78, 5) is 0. The molecule has 0 unspecified atom stereocenters. The molecule has 0 fully saturated rings. The van der Waals surface area contributed by atoms with Gasteiger partial charge >= 0.3 is 0 Å². The van der Waals surface area contributed by atoms with E-state index in [4.69, 9.17) is 5.73 Å². The van der Waals surface area contributed by atoms with Crippen molar-refractivity contribution in [3.05, 3.63) is 6.92 Å². The van der Waals surface area contributed by atoms with Gasteiger partial charge in [-0.25, -0.2) is 0 Å². The van der Waals surface area contributed by atoms with E-state index in [9.17, 15) is 0 Å². The lowest BCUT2D eigenvalue weighted by Crippen LogP contribution is -1.97. The normalized spacial score (nSPS) is 10.9. The Labute approximate surface area is 269 Å². The molecule has 0 atom stereocenters. The summed E-state index contributed by atoms with van der Waals surface area (Å²) in [6.45, 7) is 9.36. The van der Waals surface area contributed by atoms with Gasteiger partial charge in [-0.1, -0.05) is 245 Å². The molecule has 257 valence electrons. The highest BCUT2D eigenvalue weighted by atomic mass is 14.5. The highest BCUT2D eigenvalue weighted by Gasteiger charge is 1.96. The average Bonchev–Trinajstić information content (AvgIpc) is 2.99. The van der Waals surface area contributed by atoms with Gasteiger partial charge in [0, 0.05) is 0 Å². The SMILES string of the molecule is CCCCCCCCCCCCCCCCCCN.N.[CH2]CCCCCCCCCCCCCCCCCCCCC. The van der Waals surface area contributed by atoms with Gasteiger partial charge in [0.05, 0.1) is 0 Å². The zero-order chi connectivity index (χ0) is 30.2. The van der Waals surface area contributed by atoms with Gasteiger partial charge in [0.2, 0.25) is 0 Å². The van der Waals surface area contributed by atoms with E-state index in [1.165, 1.54) is 225 Å². The van der Waals surface area contributed by atoms with Crippen LogP contribution in [0.1, 0.15) is 245 Å². The highest BCUT2D eigenvalue weighted by Crippen LogP contribution is 2.15. The van der Waals surface area contributed by atoms with Crippen LogP contribution in [-0.4, -0.2) is 6.54 Å². The van der Waals surface area contributed by atoms with Crippen molar-refractivity contribution >= 4 is 0 Å². The Morgan fingerprint density at radius 2 is 0.452 bits per heavy atom. The first-order chi connectivity index (χ1) is 20.3. The maximum absolute atomic E-state index is 5.48. The molecule has 0 bridgehead atoms. The standard InChI is InChI=1S/C22H45.C18H39N.H3N/c1-3-5-7-9-11-13-15-17-19-21-22-20-18-16-14-12-10-8-6-4-2;1-2-3-4-5-6-7-8-9-10-11-12-13-14-15-16-17-18-19;/h1,3-22H2,2H3;2-19H2,1H3;1H3. The summed E-state index contributed by atoms with van der Waals surface area (Å²) in [7, 11) is 0. The van der Waals surface area contributed by atoms with Crippen molar-refractivity contribution in [3.63, 3.8) is 0 Å². The summed E-state index contributed by atoms with van der Waals surface area (Å²) in [5.74, 6) is 0. The lowest BCUT2D eigenvalue weighted by molar-refractivity contribution is 0.523. The van der Waals surface area contributed by atoms with Gasteiger partial charge in [0.25, 0.3) is 0 Å². The third kappa shape index (κ3) is 49.6. The molecule has 0 spiro atoms. The number of hydrogen-bond donors (Lipinski definition) is 2. The number of unbranched alkanes of at least 4 members (excludes halogenated alkanes) is 34. The molecule has 5 N–H and O–H groups in total. The summed E-state index contributed by atoms with van der Waals surface area (Å²) >= 11 is 0. The average molecular weight is 596 g/mol. The molecule has 0 saturated heterocycles. The van der Waals surface area contributed by atoms with Crippen LogP contribution in [0.5, 0.6) is 0 Å². The van der Waals surface area contributed by atoms with Crippen molar-refractivity contribution in [1.82, 2.24) is 6.15 Å². The van der Waals surface area contributed by atoms with Gasteiger partial charge in [-0.15, -0.1) is 0 Å². The minimum Gasteiger partial charge on any atom is -0.344 e. The van der Waals surface area contributed by atoms with E-state index in [0.29, 0.717) is 0 Å². The van der Waals surface area contributed by atoms with Gasteiger partial charge in [0.15, 0.2) is 0 Å². The van der Waals surface area contributed by atoms with Gasteiger partial charge in [-0.3, -0.25) is 0 Å². The summed E-state index contributed by atoms with van der Waals surface area (Å²) in [6.07, 6.45) is 51.7. The van der Waals surface area contributed by atoms with Crippen LogP contribution in [0.15, 0.2) is 0 Å². The second kappa shape index (κ2) is 47.8. The zero-order valence-electron chi connectivity index (χ0n) is 30.2. The summed E-state index contributed by atoms with van der Waals surface area (Å²) in [6, 6.07) is 0. The molecule has 0 aliphatic rings. The monoisotopic (exact) mass is 596 g/mol. The van der Waals surface area contributed by atoms with Gasteiger partial charge in [-0.2, -0.15) is 0 Å². The maximum Gasteiger partial charge on any atom is -0.00773 e. The first-order valence-electron chi connectivity index (χ1n) is 19.8. The maximum atomic E-state index is 5.48. The van der Waals surface area contributed by atoms with E-state index in [-0.39, 0.29) is 6.15 Å². The van der Waals surface area contributed by atoms with Crippen LogP contribution < -0.4 is 11.9 Å². The third-order valence-electron chi connectivity index (χ3n) is 8.91. The Balaban J connectivity index is -0.000000715. The van der Waals surface area contributed by atoms with Crippen molar-refractivity contribution in [2.75, 3.05) is 6.54 Å². The second-order valence-electron chi connectivity index (χ2n) is 13.3. The largest absolute Gasteiger partial charge is 0.344 e. The van der Waals surface area contributed by atoms with Crippen molar-refractivity contribution in [1.29, 1.82) is 0 Å². The van der Waals surface area contributed by atoms with Crippen molar-refractivity contribution in [3.8, 4) is 0 Å². The van der Waals surface area contributed by atoms with Crippen LogP contribution in [0.3, 0.4) is 0 Å². The topological polar surface area (TPSA) is 61.0 Å². The van der Waals surface area contributed by atoms with E-state index in [0.717, 1.165) is 13.0 Å². The molecule has 0 rings (SSSR count). The molecule has 0 aromatic heterocycles. The van der Waals surface area contributed by atoms with Crippen molar-refractivity contribution < 1.29 is 0 Å². The Kier molecular flexibility index (Phi) is 52.8. The van der Waals surface area contributed by atoms with Crippen LogP contribution in [0, 0.1) is 6.92 Å². The molecule has 0 heterocycles. The third-order valence-corrected chi connectivity index (χ3v) is 8.91. The first kappa shape index (κ1) is 46.3. The summed E-state index contributed by atoms with van der Waals surface area (Å²) < 4.78 is 0. The fourth-order valence-corrected chi connectivity index (χ4v) is 5.95. The zero-order valence-corrected chi connectivity index (χ0v) is 30.2. The predicted molar refractivity (Wildman–Crippen MR) is 197 cm³/mol. The lowest BCUT2D eigenvalue weighted by Gasteiger charge is -2.03. The van der Waals surface area contributed by atoms with E-state index >= 15 is 0 Å². The minimum absolute atomic E-state index is 0. The molecule has 0 aliphatic heterocycles. The van der Waals surface area contributed by atoms with E-state index in [2.05, 4.69) is 20.8 Å². The predicted octanol–water partition coefficient (Wildman–Crippen LogP) is 15.0. The van der Waals surface area contributed by atoms with Gasteiger partial charge in [-0.05, 0) is 13.0 Å². The fourth-order valence-electron chi connectivity index (χ4n) is 5.95. The van der Waals surface area contributed by atoms with E-state index in [1.807, 2.05) is 0 Å². The van der Waals surface area contributed by atoms with Crippen molar-refractivity contribution in [2.24, 2.45) is 5.73 Å². The number of nitrogens with two attached hydrogens (primary N) is 1. The molecule has 0 aromatic carbocycles. The Bertz CT molecular complexity index is 361. The van der Waals surface area contributed by atoms with Gasteiger partial charge < -0.3 is 11.9 Å². The first-order valence-corrected chi connectivity index (χ1v) is 19.8. The van der Waals surface area contributed by atoms with Crippen LogP contribution in [0.4, 0.5) is 0 Å². The Hall–Kier alpha value is -0.0800. The lowest BCUT2D eigenvalue weighted by atomic mass is 10.0. The molecular formula is C40H87N2. The summed E-state index contributed by atoms with van der Waals surface area (Å²) in [5.41, 5.74) is 5.48. The Morgan fingerprint density at radius 3 is 0.619 bits per heavy atom. The highest BCUT2D eigenvalue weighted by molar-refractivity contribution is 4.52. The molecule has 2 nitrogen and oxygen atoms in total. The molecule has 42 heavy (non-hydrogen) atoms. The molecule has 1 radical (unpaired) electrons. The minimum atomic E-state index is 0. The molecule has 0 aliphatic carbocycles. The molecule has 0 saturated carbocycles. The fraction of sp³-hybridized carbons (Fsp3) is 0.975. The van der Waals surface area contributed by atoms with E-state index < -0.39 is 0 Å². The molecule has 0 amide bonds. The second-order valence-corrected chi connectivity index (χ2v) is 13.3. The van der Waals surface area contributed by atoms with Crippen LogP contribution in [-0.2, 0) is 0 Å². The van der Waals surface area contributed by atoms with Crippen LogP contribution >= 0.6 is 0 Å². The smallest absolute Gasteiger partial charge is 0.00773 e.